The highest BCUT2D eigenvalue weighted by Crippen LogP contribution is 2.35. The van der Waals surface area contributed by atoms with Crippen LogP contribution in [-0.2, 0) is 0 Å². The Hall–Kier alpha value is -2.63. The Balaban J connectivity index is 1.65. The number of H-pyrrole nitrogens is 1. The molecule has 5 nitrogen and oxygen atoms in total. The summed E-state index contributed by atoms with van der Waals surface area (Å²) >= 11 is 6.33. The van der Waals surface area contributed by atoms with Gasteiger partial charge in [-0.05, 0) is 63.3 Å². The number of pyridine rings is 1. The maximum atomic E-state index is 6.33. The predicted octanol–water partition coefficient (Wildman–Crippen LogP) is 4.94. The summed E-state index contributed by atoms with van der Waals surface area (Å²) in [6.07, 6.45) is 4.13. The average Bonchev–Trinajstić information content (AvgIpc) is 3.14. The van der Waals surface area contributed by atoms with Gasteiger partial charge in [-0.3, -0.25) is 4.98 Å². The molecule has 0 saturated carbocycles. The van der Waals surface area contributed by atoms with Gasteiger partial charge in [0.1, 0.15) is 5.82 Å². The van der Waals surface area contributed by atoms with Crippen LogP contribution in [0, 0.1) is 0 Å². The van der Waals surface area contributed by atoms with Crippen molar-refractivity contribution < 1.29 is 0 Å². The van der Waals surface area contributed by atoms with Crippen molar-refractivity contribution in [2.45, 2.75) is 18.9 Å². The number of para-hydroxylation sites is 2. The Bertz CT molecular complexity index is 1110. The Labute approximate surface area is 168 Å². The number of rotatable bonds is 3. The molecule has 0 atom stereocenters. The first-order chi connectivity index (χ1) is 13.7. The zero-order valence-corrected chi connectivity index (χ0v) is 16.5. The van der Waals surface area contributed by atoms with Crippen molar-refractivity contribution in [1.29, 1.82) is 0 Å². The fraction of sp³-hybridized carbons (Fsp3) is 0.273. The van der Waals surface area contributed by atoms with Crippen LogP contribution in [-0.4, -0.2) is 46.0 Å². The minimum atomic E-state index is 0.420. The van der Waals surface area contributed by atoms with E-state index < -0.39 is 0 Å². The van der Waals surface area contributed by atoms with Crippen LogP contribution < -0.4 is 5.32 Å². The third kappa shape index (κ3) is 3.21. The second-order valence-corrected chi connectivity index (χ2v) is 7.97. The largest absolute Gasteiger partial charge is 0.381 e. The van der Waals surface area contributed by atoms with E-state index in [4.69, 9.17) is 16.6 Å². The van der Waals surface area contributed by atoms with Gasteiger partial charge in [-0.1, -0.05) is 23.7 Å². The molecule has 2 aromatic heterocycles. The lowest BCUT2D eigenvalue weighted by molar-refractivity contribution is 0.264. The van der Waals surface area contributed by atoms with E-state index in [1.807, 2.05) is 48.7 Å². The lowest BCUT2D eigenvalue weighted by atomic mass is 10.0. The van der Waals surface area contributed by atoms with Crippen molar-refractivity contribution in [1.82, 2.24) is 19.9 Å². The lowest BCUT2D eigenvalue weighted by Gasteiger charge is -2.31. The van der Waals surface area contributed by atoms with Crippen molar-refractivity contribution in [3.63, 3.8) is 0 Å². The van der Waals surface area contributed by atoms with E-state index in [2.05, 4.69) is 27.2 Å². The summed E-state index contributed by atoms with van der Waals surface area (Å²) in [5.74, 6) is 0.825. The molecular formula is C22H22ClN5. The minimum absolute atomic E-state index is 0.420. The quantitative estimate of drug-likeness (QED) is 0.519. The zero-order valence-electron chi connectivity index (χ0n) is 15.7. The van der Waals surface area contributed by atoms with Crippen LogP contribution in [0.5, 0.6) is 0 Å². The highest BCUT2D eigenvalue weighted by atomic mass is 35.5. The van der Waals surface area contributed by atoms with Crippen LogP contribution >= 0.6 is 11.6 Å². The molecule has 3 heterocycles. The van der Waals surface area contributed by atoms with Gasteiger partial charge in [-0.25, -0.2) is 4.98 Å². The molecule has 6 heteroatoms. The molecule has 4 aromatic rings. The number of imidazole rings is 1. The fourth-order valence-corrected chi connectivity index (χ4v) is 4.11. The Morgan fingerprint density at radius 1 is 1.11 bits per heavy atom. The summed E-state index contributed by atoms with van der Waals surface area (Å²) < 4.78 is 0. The van der Waals surface area contributed by atoms with E-state index in [0.29, 0.717) is 11.1 Å². The third-order valence-electron chi connectivity index (χ3n) is 5.54. The maximum absolute atomic E-state index is 6.33. The first kappa shape index (κ1) is 17.5. The molecule has 0 radical (unpaired) electrons. The first-order valence-corrected chi connectivity index (χ1v) is 10.0. The molecule has 0 spiro atoms. The molecule has 1 saturated heterocycles. The molecule has 2 aromatic carbocycles. The van der Waals surface area contributed by atoms with Crippen LogP contribution in [0.3, 0.4) is 0 Å². The second-order valence-electron chi connectivity index (χ2n) is 7.53. The molecule has 1 aliphatic rings. The number of nitrogens with zero attached hydrogens (tertiary/aromatic N) is 3. The van der Waals surface area contributed by atoms with Crippen molar-refractivity contribution in [2.75, 3.05) is 25.5 Å². The highest BCUT2D eigenvalue weighted by Gasteiger charge is 2.21. The third-order valence-corrected chi connectivity index (χ3v) is 5.78. The van der Waals surface area contributed by atoms with Gasteiger partial charge in [0.25, 0.3) is 0 Å². The van der Waals surface area contributed by atoms with Gasteiger partial charge in [0.15, 0.2) is 0 Å². The highest BCUT2D eigenvalue weighted by molar-refractivity contribution is 6.31. The number of nitrogens with one attached hydrogen (secondary N) is 2. The van der Waals surface area contributed by atoms with E-state index in [9.17, 15) is 0 Å². The van der Waals surface area contributed by atoms with Gasteiger partial charge in [0, 0.05) is 22.6 Å². The zero-order chi connectivity index (χ0) is 19.1. The number of likely N-dealkylation sites (tertiary alicyclic amines) is 1. The van der Waals surface area contributed by atoms with E-state index in [1.54, 1.807) is 0 Å². The fourth-order valence-electron chi connectivity index (χ4n) is 3.94. The second kappa shape index (κ2) is 7.08. The van der Waals surface area contributed by atoms with Gasteiger partial charge >= 0.3 is 0 Å². The van der Waals surface area contributed by atoms with Crippen LogP contribution in [0.25, 0.3) is 33.3 Å². The normalized spacial score (nSPS) is 16.1. The number of anilines is 1. The van der Waals surface area contributed by atoms with Crippen molar-refractivity contribution in [3.05, 3.63) is 53.7 Å². The molecule has 0 bridgehead atoms. The summed E-state index contributed by atoms with van der Waals surface area (Å²) in [7, 11) is 2.18. The number of aromatic amines is 1. The smallest absolute Gasteiger partial charge is 0.142 e. The number of hydrogen-bond donors (Lipinski definition) is 2. The number of piperidine rings is 1. The molecule has 2 N–H and O–H groups in total. The van der Waals surface area contributed by atoms with Crippen molar-refractivity contribution in [3.8, 4) is 11.4 Å². The number of hydrogen-bond acceptors (Lipinski definition) is 4. The molecule has 1 fully saturated rings. The Morgan fingerprint density at radius 2 is 1.93 bits per heavy atom. The summed E-state index contributed by atoms with van der Waals surface area (Å²) in [6.45, 7) is 2.20. The number of halogens is 1. The molecular weight excluding hydrogens is 370 g/mol. The molecule has 5 rings (SSSR count). The van der Waals surface area contributed by atoms with Gasteiger partial charge in [0.05, 0.1) is 27.8 Å². The SMILES string of the molecule is CN1CCC(Nc2c(-c3nc4ccccc4[nH]3)cnc3ccc(Cl)cc23)CC1. The van der Waals surface area contributed by atoms with Gasteiger partial charge in [0.2, 0.25) is 0 Å². The maximum Gasteiger partial charge on any atom is 0.142 e. The van der Waals surface area contributed by atoms with Crippen molar-refractivity contribution >= 4 is 39.2 Å². The molecule has 1 aliphatic heterocycles. The molecule has 142 valence electrons. The number of benzene rings is 2. The molecule has 28 heavy (non-hydrogen) atoms. The standard InChI is InChI=1S/C22H22ClN5/c1-28-10-8-15(9-11-28)25-21-16-12-14(23)6-7-18(16)24-13-17(21)22-26-19-4-2-3-5-20(19)27-22/h2-7,12-13,15H,8-11H2,1H3,(H,24,25)(H,26,27). The first-order valence-electron chi connectivity index (χ1n) is 9.66. The van der Waals surface area contributed by atoms with E-state index in [1.165, 1.54) is 0 Å². The van der Waals surface area contributed by atoms with Gasteiger partial charge in [-0.15, -0.1) is 0 Å². The minimum Gasteiger partial charge on any atom is -0.381 e. The average molecular weight is 392 g/mol. The summed E-state index contributed by atoms with van der Waals surface area (Å²) in [6, 6.07) is 14.4. The van der Waals surface area contributed by atoms with E-state index in [0.717, 1.165) is 64.9 Å². The molecule has 0 aliphatic carbocycles. The number of fused-ring (bicyclic) bond motifs is 2. The van der Waals surface area contributed by atoms with Crippen LogP contribution in [0.15, 0.2) is 48.7 Å². The van der Waals surface area contributed by atoms with Gasteiger partial charge in [-0.2, -0.15) is 0 Å². The predicted molar refractivity (Wildman–Crippen MR) is 116 cm³/mol. The monoisotopic (exact) mass is 391 g/mol. The Kier molecular flexibility index (Phi) is 4.41. The van der Waals surface area contributed by atoms with Crippen LogP contribution in [0.4, 0.5) is 5.69 Å². The Morgan fingerprint density at radius 3 is 2.75 bits per heavy atom. The number of aromatic nitrogens is 3. The summed E-state index contributed by atoms with van der Waals surface area (Å²) in [4.78, 5) is 15.3. The van der Waals surface area contributed by atoms with E-state index in [-0.39, 0.29) is 0 Å². The summed E-state index contributed by atoms with van der Waals surface area (Å²) in [5.41, 5.74) is 4.94. The lowest BCUT2D eigenvalue weighted by Crippen LogP contribution is -2.36. The topological polar surface area (TPSA) is 56.8 Å². The van der Waals surface area contributed by atoms with Crippen LogP contribution in [0.2, 0.25) is 5.02 Å². The van der Waals surface area contributed by atoms with E-state index >= 15 is 0 Å². The van der Waals surface area contributed by atoms with Crippen molar-refractivity contribution in [2.24, 2.45) is 0 Å². The van der Waals surface area contributed by atoms with Gasteiger partial charge < -0.3 is 15.2 Å². The summed E-state index contributed by atoms with van der Waals surface area (Å²) in [5, 5.41) is 5.54. The molecule has 0 amide bonds. The molecule has 0 unspecified atom stereocenters. The van der Waals surface area contributed by atoms with Crippen LogP contribution in [0.1, 0.15) is 12.8 Å².